The number of halogens is 1. The molecule has 0 atom stereocenters. The van der Waals surface area contributed by atoms with Crippen LogP contribution in [0, 0.1) is 5.82 Å². The fraction of sp³-hybridized carbons (Fsp3) is 0.214. The summed E-state index contributed by atoms with van der Waals surface area (Å²) in [4.78, 5) is 22.1. The summed E-state index contributed by atoms with van der Waals surface area (Å²) in [5, 5.41) is 10.0. The van der Waals surface area contributed by atoms with Crippen molar-refractivity contribution in [1.29, 1.82) is 0 Å². The van der Waals surface area contributed by atoms with E-state index in [0.29, 0.717) is 37.6 Å². The number of carbonyl (C=O) groups excluding carboxylic acids is 1. The van der Waals surface area contributed by atoms with Gasteiger partial charge in [0.2, 0.25) is 5.95 Å². The highest BCUT2D eigenvalue weighted by Crippen LogP contribution is 2.30. The van der Waals surface area contributed by atoms with Crippen LogP contribution in [0.4, 0.5) is 10.3 Å². The minimum atomic E-state index is -0.356. The maximum absolute atomic E-state index is 13.3. The van der Waals surface area contributed by atoms with Crippen LogP contribution in [0.1, 0.15) is 16.8 Å². The number of amides is 1. The monoisotopic (exact) mass is 496 g/mol. The van der Waals surface area contributed by atoms with Crippen LogP contribution in [0.5, 0.6) is 5.75 Å². The van der Waals surface area contributed by atoms with Gasteiger partial charge < -0.3 is 14.5 Å². The van der Waals surface area contributed by atoms with E-state index in [1.807, 2.05) is 57.8 Å². The van der Waals surface area contributed by atoms with Crippen molar-refractivity contribution in [2.45, 2.75) is 6.42 Å². The fourth-order valence-electron chi connectivity index (χ4n) is 4.82. The Hall–Kier alpha value is -4.53. The Balaban J connectivity index is 1.40. The number of para-hydroxylation sites is 1. The molecule has 0 unspecified atom stereocenters. The van der Waals surface area contributed by atoms with E-state index in [-0.39, 0.29) is 11.7 Å². The second-order valence-corrected chi connectivity index (χ2v) is 8.98. The van der Waals surface area contributed by atoms with Gasteiger partial charge in [0.15, 0.2) is 11.5 Å². The molecule has 0 aliphatic carbocycles. The number of fused-ring (bicyclic) bond motifs is 3. The summed E-state index contributed by atoms with van der Waals surface area (Å²) in [6.07, 6.45) is 0.763. The fourth-order valence-corrected chi connectivity index (χ4v) is 4.82. The Morgan fingerprint density at radius 2 is 1.76 bits per heavy atom. The lowest BCUT2D eigenvalue weighted by molar-refractivity contribution is 0.0767. The van der Waals surface area contributed by atoms with Crippen molar-refractivity contribution >= 4 is 28.4 Å². The molecule has 1 saturated heterocycles. The Bertz CT molecular complexity index is 1600. The Morgan fingerprint density at radius 3 is 2.59 bits per heavy atom. The average Bonchev–Trinajstić information content (AvgIpc) is 3.24. The van der Waals surface area contributed by atoms with Crippen LogP contribution < -0.4 is 9.64 Å². The van der Waals surface area contributed by atoms with Gasteiger partial charge in [-0.25, -0.2) is 13.8 Å². The summed E-state index contributed by atoms with van der Waals surface area (Å²) >= 11 is 0. The molecule has 1 aliphatic rings. The number of aromatic nitrogens is 4. The number of hydrogen-bond donors (Lipinski definition) is 0. The van der Waals surface area contributed by atoms with Crippen LogP contribution in [0.25, 0.3) is 27.9 Å². The summed E-state index contributed by atoms with van der Waals surface area (Å²) in [5.41, 5.74) is 2.91. The van der Waals surface area contributed by atoms with E-state index in [9.17, 15) is 9.18 Å². The van der Waals surface area contributed by atoms with Gasteiger partial charge in [-0.05, 0) is 55.0 Å². The van der Waals surface area contributed by atoms with Crippen molar-refractivity contribution in [3.63, 3.8) is 0 Å². The van der Waals surface area contributed by atoms with Crippen LogP contribution in [-0.4, -0.2) is 63.7 Å². The van der Waals surface area contributed by atoms with Gasteiger partial charge in [0.05, 0.1) is 12.6 Å². The van der Waals surface area contributed by atoms with Crippen molar-refractivity contribution < 1.29 is 13.9 Å². The van der Waals surface area contributed by atoms with E-state index in [2.05, 4.69) is 15.1 Å². The lowest BCUT2D eigenvalue weighted by atomic mass is 10.2. The van der Waals surface area contributed by atoms with Crippen molar-refractivity contribution in [3.8, 4) is 17.1 Å². The lowest BCUT2D eigenvalue weighted by Crippen LogP contribution is -2.36. The number of anilines is 1. The van der Waals surface area contributed by atoms with E-state index in [1.165, 1.54) is 24.3 Å². The molecule has 186 valence electrons. The average molecular weight is 497 g/mol. The summed E-state index contributed by atoms with van der Waals surface area (Å²) < 4.78 is 20.8. The maximum Gasteiger partial charge on any atom is 0.253 e. The zero-order valence-corrected chi connectivity index (χ0v) is 20.3. The first kappa shape index (κ1) is 22.9. The molecule has 1 fully saturated rings. The summed E-state index contributed by atoms with van der Waals surface area (Å²) in [7, 11) is 1.64. The molecule has 37 heavy (non-hydrogen) atoms. The van der Waals surface area contributed by atoms with Gasteiger partial charge in [0, 0.05) is 42.7 Å². The first-order valence-electron chi connectivity index (χ1n) is 12.2. The zero-order chi connectivity index (χ0) is 25.4. The minimum Gasteiger partial charge on any atom is -0.497 e. The number of carbonyl (C=O) groups is 1. The number of benzene rings is 3. The Kier molecular flexibility index (Phi) is 5.88. The van der Waals surface area contributed by atoms with Crippen molar-refractivity contribution in [2.75, 3.05) is 38.2 Å². The number of ether oxygens (including phenoxy) is 1. The summed E-state index contributed by atoms with van der Waals surface area (Å²) in [6, 6.07) is 21.3. The van der Waals surface area contributed by atoms with Gasteiger partial charge >= 0.3 is 0 Å². The third-order valence-electron chi connectivity index (χ3n) is 6.71. The topological polar surface area (TPSA) is 75.9 Å². The minimum absolute atomic E-state index is 0.0974. The Morgan fingerprint density at radius 1 is 0.919 bits per heavy atom. The molecule has 2 aromatic heterocycles. The maximum atomic E-state index is 13.3. The molecular formula is C28H25FN6O2. The normalized spacial score (nSPS) is 14.2. The second-order valence-electron chi connectivity index (χ2n) is 8.98. The highest BCUT2D eigenvalue weighted by Gasteiger charge is 2.25. The second kappa shape index (κ2) is 9.50. The predicted molar refractivity (Wildman–Crippen MR) is 139 cm³/mol. The quantitative estimate of drug-likeness (QED) is 0.366. The van der Waals surface area contributed by atoms with Crippen molar-refractivity contribution in [1.82, 2.24) is 24.5 Å². The summed E-state index contributed by atoms with van der Waals surface area (Å²) in [5.74, 6) is 1.68. The molecule has 9 heteroatoms. The van der Waals surface area contributed by atoms with Gasteiger partial charge in [-0.2, -0.15) is 0 Å². The highest BCUT2D eigenvalue weighted by molar-refractivity contribution is 5.94. The van der Waals surface area contributed by atoms with Crippen molar-refractivity contribution in [3.05, 3.63) is 84.2 Å². The SMILES string of the molecule is COc1cccc(-c2nnc3c4ccccc4nc(N4CCCN(C(=O)c5ccc(F)cc5)CC4)n23)c1. The molecule has 6 rings (SSSR count). The van der Waals surface area contributed by atoms with Gasteiger partial charge in [0.1, 0.15) is 11.6 Å². The molecule has 8 nitrogen and oxygen atoms in total. The first-order chi connectivity index (χ1) is 18.1. The number of methoxy groups -OCH3 is 1. The van der Waals surface area contributed by atoms with E-state index < -0.39 is 0 Å². The first-order valence-corrected chi connectivity index (χ1v) is 12.2. The standard InChI is InChI=1S/C28H25FN6O2/c1-37-22-7-4-6-20(18-22)25-31-32-26-23-8-2-3-9-24(23)30-28(35(25)26)34-15-5-14-33(16-17-34)27(36)19-10-12-21(29)13-11-19/h2-4,6-13,18H,5,14-17H2,1H3. The lowest BCUT2D eigenvalue weighted by Gasteiger charge is -2.24. The van der Waals surface area contributed by atoms with Crippen LogP contribution in [0.2, 0.25) is 0 Å². The van der Waals surface area contributed by atoms with E-state index in [1.54, 1.807) is 7.11 Å². The van der Waals surface area contributed by atoms with E-state index in [4.69, 9.17) is 9.72 Å². The molecule has 1 amide bonds. The predicted octanol–water partition coefficient (Wildman–Crippen LogP) is 4.44. The number of rotatable bonds is 4. The molecule has 3 aromatic carbocycles. The number of hydrogen-bond acceptors (Lipinski definition) is 6. The molecule has 1 aliphatic heterocycles. The molecule has 3 heterocycles. The smallest absolute Gasteiger partial charge is 0.253 e. The molecule has 0 bridgehead atoms. The summed E-state index contributed by atoms with van der Waals surface area (Å²) in [6.45, 7) is 2.42. The van der Waals surface area contributed by atoms with Gasteiger partial charge in [0.25, 0.3) is 5.91 Å². The zero-order valence-electron chi connectivity index (χ0n) is 20.3. The van der Waals surface area contributed by atoms with Crippen LogP contribution in [0.3, 0.4) is 0 Å². The van der Waals surface area contributed by atoms with Crippen molar-refractivity contribution in [2.24, 2.45) is 0 Å². The molecule has 0 radical (unpaired) electrons. The molecule has 0 saturated carbocycles. The molecule has 0 N–H and O–H groups in total. The number of nitrogens with zero attached hydrogens (tertiary/aromatic N) is 6. The van der Waals surface area contributed by atoms with Crippen LogP contribution in [0.15, 0.2) is 72.8 Å². The van der Waals surface area contributed by atoms with Gasteiger partial charge in [-0.3, -0.25) is 4.79 Å². The van der Waals surface area contributed by atoms with Crippen LogP contribution >= 0.6 is 0 Å². The van der Waals surface area contributed by atoms with E-state index in [0.717, 1.165) is 40.2 Å². The molecule has 5 aromatic rings. The largest absolute Gasteiger partial charge is 0.497 e. The van der Waals surface area contributed by atoms with Crippen LogP contribution in [-0.2, 0) is 0 Å². The molecular weight excluding hydrogens is 471 g/mol. The van der Waals surface area contributed by atoms with Gasteiger partial charge in [-0.1, -0.05) is 24.3 Å². The third-order valence-corrected chi connectivity index (χ3v) is 6.71. The van der Waals surface area contributed by atoms with Gasteiger partial charge in [-0.15, -0.1) is 10.2 Å². The highest BCUT2D eigenvalue weighted by atomic mass is 19.1. The van der Waals surface area contributed by atoms with E-state index >= 15 is 0 Å². The Labute approximate surface area is 212 Å². The molecule has 0 spiro atoms. The third kappa shape index (κ3) is 4.22.